The highest BCUT2D eigenvalue weighted by Gasteiger charge is 2.22. The summed E-state index contributed by atoms with van der Waals surface area (Å²) in [6, 6.07) is 9.33. The average molecular weight is 456 g/mol. The van der Waals surface area contributed by atoms with Crippen LogP contribution in [0.2, 0.25) is 0 Å². The first-order valence-corrected chi connectivity index (χ1v) is 11.2. The molecule has 176 valence electrons. The first-order chi connectivity index (χ1) is 16.0. The van der Waals surface area contributed by atoms with E-state index < -0.39 is 0 Å². The smallest absolute Gasteiger partial charge is 0.317 e. The van der Waals surface area contributed by atoms with Crippen molar-refractivity contribution in [3.8, 4) is 0 Å². The molecule has 0 aliphatic carbocycles. The van der Waals surface area contributed by atoms with Gasteiger partial charge >= 0.3 is 6.03 Å². The topological polar surface area (TPSA) is 103 Å². The van der Waals surface area contributed by atoms with Crippen LogP contribution in [0.15, 0.2) is 48.8 Å². The third-order valence-corrected chi connectivity index (χ3v) is 5.64. The summed E-state index contributed by atoms with van der Waals surface area (Å²) in [6.07, 6.45) is 5.36. The van der Waals surface area contributed by atoms with Crippen molar-refractivity contribution in [2.45, 2.75) is 38.8 Å². The predicted molar refractivity (Wildman–Crippen MR) is 121 cm³/mol. The lowest BCUT2D eigenvalue weighted by atomic mass is 9.98. The third-order valence-electron chi connectivity index (χ3n) is 5.64. The minimum absolute atomic E-state index is 0.0624. The molecule has 8 nitrogen and oxygen atoms in total. The number of pyridine rings is 1. The summed E-state index contributed by atoms with van der Waals surface area (Å²) >= 11 is 0. The molecule has 0 radical (unpaired) electrons. The van der Waals surface area contributed by atoms with Crippen molar-refractivity contribution in [1.82, 2.24) is 25.8 Å². The highest BCUT2D eigenvalue weighted by molar-refractivity contribution is 5.80. The molecule has 2 aromatic rings. The molecule has 0 bridgehead atoms. The van der Waals surface area contributed by atoms with E-state index in [2.05, 4.69) is 20.9 Å². The van der Waals surface area contributed by atoms with Gasteiger partial charge in [-0.2, -0.15) is 0 Å². The van der Waals surface area contributed by atoms with E-state index in [4.69, 9.17) is 0 Å². The van der Waals surface area contributed by atoms with Crippen LogP contribution < -0.4 is 16.0 Å². The first kappa shape index (κ1) is 24.2. The zero-order chi connectivity index (χ0) is 23.5. The van der Waals surface area contributed by atoms with Gasteiger partial charge in [-0.05, 0) is 54.7 Å². The maximum atomic E-state index is 13.1. The van der Waals surface area contributed by atoms with Crippen molar-refractivity contribution in [2.24, 2.45) is 5.92 Å². The van der Waals surface area contributed by atoms with E-state index in [0.717, 1.165) is 11.1 Å². The molecule has 0 spiro atoms. The van der Waals surface area contributed by atoms with Crippen LogP contribution in [-0.4, -0.2) is 47.4 Å². The van der Waals surface area contributed by atoms with Crippen molar-refractivity contribution in [1.29, 1.82) is 0 Å². The fraction of sp³-hybridized carbons (Fsp3) is 0.417. The van der Waals surface area contributed by atoms with Crippen molar-refractivity contribution < 1.29 is 18.8 Å². The minimum atomic E-state index is -0.331. The molecule has 1 saturated heterocycles. The highest BCUT2D eigenvalue weighted by Crippen LogP contribution is 2.14. The van der Waals surface area contributed by atoms with Crippen LogP contribution in [0.4, 0.5) is 9.18 Å². The predicted octanol–water partition coefficient (Wildman–Crippen LogP) is 2.36. The zero-order valence-electron chi connectivity index (χ0n) is 18.6. The lowest BCUT2D eigenvalue weighted by molar-refractivity contribution is -0.126. The van der Waals surface area contributed by atoms with Gasteiger partial charge < -0.3 is 20.9 Å². The van der Waals surface area contributed by atoms with E-state index in [1.807, 2.05) is 12.1 Å². The monoisotopic (exact) mass is 455 g/mol. The second-order valence-corrected chi connectivity index (χ2v) is 8.07. The number of nitrogens with zero attached hydrogens (tertiary/aromatic N) is 2. The van der Waals surface area contributed by atoms with Crippen LogP contribution in [0.25, 0.3) is 0 Å². The molecule has 3 N–H and O–H groups in total. The molecule has 1 aliphatic heterocycles. The summed E-state index contributed by atoms with van der Waals surface area (Å²) in [5, 5.41) is 8.62. The Morgan fingerprint density at radius 2 is 1.70 bits per heavy atom. The van der Waals surface area contributed by atoms with Crippen LogP contribution in [0.1, 0.15) is 36.8 Å². The standard InChI is InChI=1S/C24H30FN5O3/c25-21-5-3-18(4-6-21)17-29-24(33)30-14-1-2-20(9-13-27-22(31)10-15-30)23(32)28-16-19-7-11-26-12-8-19/h3-8,11-12,20H,1-2,9-10,13-17H2,(H,27,31)(H,28,32)(H,29,33). The Bertz CT molecular complexity index is 923. The maximum absolute atomic E-state index is 13.1. The summed E-state index contributed by atoms with van der Waals surface area (Å²) in [7, 11) is 0. The van der Waals surface area contributed by atoms with Crippen LogP contribution in [0, 0.1) is 11.7 Å². The Morgan fingerprint density at radius 3 is 2.45 bits per heavy atom. The number of benzene rings is 1. The molecule has 1 aliphatic rings. The molecule has 2 heterocycles. The van der Waals surface area contributed by atoms with E-state index in [-0.39, 0.29) is 42.5 Å². The van der Waals surface area contributed by atoms with Crippen molar-refractivity contribution in [2.75, 3.05) is 19.6 Å². The van der Waals surface area contributed by atoms with E-state index >= 15 is 0 Å². The molecule has 1 unspecified atom stereocenters. The SMILES string of the molecule is O=C1CCN(C(=O)NCc2ccc(F)cc2)CCCC(C(=O)NCc2ccncc2)CCN1. The van der Waals surface area contributed by atoms with Crippen LogP contribution >= 0.6 is 0 Å². The van der Waals surface area contributed by atoms with Gasteiger partial charge in [-0.15, -0.1) is 0 Å². The summed E-state index contributed by atoms with van der Waals surface area (Å²) in [5.74, 6) is -0.797. The molecule has 1 aromatic heterocycles. The van der Waals surface area contributed by atoms with Crippen LogP contribution in [0.5, 0.6) is 0 Å². The number of urea groups is 1. The lowest BCUT2D eigenvalue weighted by Crippen LogP contribution is -2.42. The van der Waals surface area contributed by atoms with Gasteiger partial charge in [0.1, 0.15) is 5.82 Å². The number of amides is 4. The van der Waals surface area contributed by atoms with Gasteiger partial charge in [-0.25, -0.2) is 9.18 Å². The van der Waals surface area contributed by atoms with Crippen LogP contribution in [-0.2, 0) is 22.7 Å². The number of hydrogen-bond donors (Lipinski definition) is 3. The third kappa shape index (κ3) is 8.17. The average Bonchev–Trinajstić information content (AvgIpc) is 2.87. The van der Waals surface area contributed by atoms with E-state index in [9.17, 15) is 18.8 Å². The Labute approximate surface area is 193 Å². The molecular formula is C24H30FN5O3. The Kier molecular flexibility index (Phi) is 9.17. The van der Waals surface area contributed by atoms with Gasteiger partial charge in [-0.1, -0.05) is 12.1 Å². The number of nitrogens with one attached hydrogen (secondary N) is 3. The molecule has 1 atom stereocenters. The van der Waals surface area contributed by atoms with E-state index in [1.54, 1.807) is 29.4 Å². The summed E-state index contributed by atoms with van der Waals surface area (Å²) in [4.78, 5) is 43.2. The summed E-state index contributed by atoms with van der Waals surface area (Å²) < 4.78 is 13.1. The van der Waals surface area contributed by atoms with E-state index in [1.165, 1.54) is 12.1 Å². The Balaban J connectivity index is 1.53. The number of carbonyl (C=O) groups is 3. The molecule has 1 fully saturated rings. The molecular weight excluding hydrogens is 425 g/mol. The summed E-state index contributed by atoms with van der Waals surface area (Å²) in [5.41, 5.74) is 1.75. The van der Waals surface area contributed by atoms with Gasteiger partial charge in [0.05, 0.1) is 0 Å². The normalized spacial score (nSPS) is 17.4. The minimum Gasteiger partial charge on any atom is -0.356 e. The van der Waals surface area contributed by atoms with Crippen LogP contribution in [0.3, 0.4) is 0 Å². The molecule has 0 saturated carbocycles. The highest BCUT2D eigenvalue weighted by atomic mass is 19.1. The second-order valence-electron chi connectivity index (χ2n) is 8.07. The largest absolute Gasteiger partial charge is 0.356 e. The zero-order valence-corrected chi connectivity index (χ0v) is 18.6. The van der Waals surface area contributed by atoms with Gasteiger partial charge in [-0.3, -0.25) is 14.6 Å². The molecule has 33 heavy (non-hydrogen) atoms. The molecule has 1 aromatic carbocycles. The number of hydrogen-bond acceptors (Lipinski definition) is 4. The number of carbonyl (C=O) groups excluding carboxylic acids is 3. The fourth-order valence-electron chi connectivity index (χ4n) is 3.69. The number of aromatic nitrogens is 1. The quantitative estimate of drug-likeness (QED) is 0.644. The molecule has 4 amide bonds. The van der Waals surface area contributed by atoms with Gasteiger partial charge in [0, 0.05) is 57.5 Å². The maximum Gasteiger partial charge on any atom is 0.317 e. The van der Waals surface area contributed by atoms with Gasteiger partial charge in [0.25, 0.3) is 0 Å². The fourth-order valence-corrected chi connectivity index (χ4v) is 3.69. The molecule has 3 rings (SSSR count). The second kappa shape index (κ2) is 12.5. The first-order valence-electron chi connectivity index (χ1n) is 11.2. The van der Waals surface area contributed by atoms with Crippen molar-refractivity contribution in [3.05, 3.63) is 65.7 Å². The number of halogens is 1. The lowest BCUT2D eigenvalue weighted by Gasteiger charge is -2.23. The Hall–Kier alpha value is -3.49. The van der Waals surface area contributed by atoms with Gasteiger partial charge in [0.15, 0.2) is 0 Å². The summed E-state index contributed by atoms with van der Waals surface area (Å²) in [6.45, 7) is 1.84. The number of rotatable bonds is 5. The van der Waals surface area contributed by atoms with Gasteiger partial charge in [0.2, 0.25) is 11.8 Å². The van der Waals surface area contributed by atoms with Crippen molar-refractivity contribution in [3.63, 3.8) is 0 Å². The Morgan fingerprint density at radius 1 is 1.00 bits per heavy atom. The molecule has 9 heteroatoms. The van der Waals surface area contributed by atoms with Crippen molar-refractivity contribution >= 4 is 17.8 Å². The van der Waals surface area contributed by atoms with E-state index in [0.29, 0.717) is 45.4 Å².